The number of carbonyl (C=O) groups is 2. The van der Waals surface area contributed by atoms with Crippen LogP contribution in [0, 0.1) is 11.8 Å². The second-order valence-electron chi connectivity index (χ2n) is 7.13. The lowest BCUT2D eigenvalue weighted by atomic mass is 9.67. The Morgan fingerprint density at radius 1 is 1.40 bits per heavy atom. The summed E-state index contributed by atoms with van der Waals surface area (Å²) >= 11 is 0. The summed E-state index contributed by atoms with van der Waals surface area (Å²) in [5, 5.41) is 3.15. The Hall–Kier alpha value is -1.92. The van der Waals surface area contributed by atoms with Crippen LogP contribution in [-0.4, -0.2) is 55.7 Å². The number of methoxy groups -OCH3 is 1. The van der Waals surface area contributed by atoms with E-state index in [-0.39, 0.29) is 29.9 Å². The van der Waals surface area contributed by atoms with E-state index in [4.69, 9.17) is 9.47 Å². The molecule has 1 aromatic carbocycles. The average Bonchev–Trinajstić information content (AvgIpc) is 3.18. The molecule has 1 saturated heterocycles. The number of rotatable bonds is 6. The smallest absolute Gasteiger partial charge is 0.254 e. The van der Waals surface area contributed by atoms with Gasteiger partial charge in [-0.05, 0) is 18.1 Å². The number of nitrogens with one attached hydrogen (secondary N) is 1. The van der Waals surface area contributed by atoms with Crippen LogP contribution in [-0.2, 0) is 20.8 Å². The quantitative estimate of drug-likeness (QED) is 0.842. The summed E-state index contributed by atoms with van der Waals surface area (Å²) in [6.45, 7) is 2.41. The maximum absolute atomic E-state index is 12.4. The van der Waals surface area contributed by atoms with Crippen LogP contribution in [0.5, 0.6) is 0 Å². The number of fused-ring (bicyclic) bond motifs is 2. The van der Waals surface area contributed by atoms with Crippen LogP contribution in [0.25, 0.3) is 0 Å². The van der Waals surface area contributed by atoms with Crippen molar-refractivity contribution in [3.63, 3.8) is 0 Å². The fourth-order valence-corrected chi connectivity index (χ4v) is 4.42. The van der Waals surface area contributed by atoms with Gasteiger partial charge in [0, 0.05) is 56.7 Å². The summed E-state index contributed by atoms with van der Waals surface area (Å²) in [4.78, 5) is 26.5. The van der Waals surface area contributed by atoms with Gasteiger partial charge in [0.05, 0.1) is 12.7 Å². The lowest BCUT2D eigenvalue weighted by Gasteiger charge is -2.47. The van der Waals surface area contributed by atoms with Crippen molar-refractivity contribution in [2.75, 3.05) is 26.9 Å². The van der Waals surface area contributed by atoms with Gasteiger partial charge in [-0.25, -0.2) is 0 Å². The van der Waals surface area contributed by atoms with Crippen molar-refractivity contribution >= 4 is 11.8 Å². The molecule has 1 saturated carbocycles. The number of ether oxygens (including phenoxy) is 2. The van der Waals surface area contributed by atoms with E-state index in [2.05, 4.69) is 5.32 Å². The van der Waals surface area contributed by atoms with E-state index in [9.17, 15) is 9.59 Å². The van der Waals surface area contributed by atoms with Crippen molar-refractivity contribution in [2.24, 2.45) is 11.8 Å². The topological polar surface area (TPSA) is 67.9 Å². The van der Waals surface area contributed by atoms with Gasteiger partial charge in [0.25, 0.3) is 5.91 Å². The molecule has 2 fully saturated rings. The molecular weight excluding hydrogens is 320 g/mol. The summed E-state index contributed by atoms with van der Waals surface area (Å²) in [5.41, 5.74) is 1.80. The molecule has 0 bridgehead atoms. The predicted octanol–water partition coefficient (Wildman–Crippen LogP) is 1.20. The van der Waals surface area contributed by atoms with Crippen LogP contribution >= 0.6 is 0 Å². The van der Waals surface area contributed by atoms with Crippen molar-refractivity contribution in [1.82, 2.24) is 10.2 Å². The maximum Gasteiger partial charge on any atom is 0.254 e. The highest BCUT2D eigenvalue weighted by molar-refractivity contribution is 5.98. The van der Waals surface area contributed by atoms with Gasteiger partial charge < -0.3 is 19.7 Å². The van der Waals surface area contributed by atoms with Crippen molar-refractivity contribution in [1.29, 1.82) is 0 Å². The van der Waals surface area contributed by atoms with E-state index < -0.39 is 0 Å². The van der Waals surface area contributed by atoms with Gasteiger partial charge in [-0.15, -0.1) is 0 Å². The third kappa shape index (κ3) is 2.93. The molecule has 6 heteroatoms. The van der Waals surface area contributed by atoms with E-state index in [1.165, 1.54) is 0 Å². The second kappa shape index (κ2) is 6.77. The highest BCUT2D eigenvalue weighted by Crippen LogP contribution is 2.43. The highest BCUT2D eigenvalue weighted by Gasteiger charge is 2.54. The summed E-state index contributed by atoms with van der Waals surface area (Å²) in [7, 11) is 1.68. The molecule has 2 amide bonds. The number of nitrogens with zero attached hydrogens (tertiary/aromatic N) is 1. The fourth-order valence-electron chi connectivity index (χ4n) is 4.42. The van der Waals surface area contributed by atoms with Crippen molar-refractivity contribution < 1.29 is 19.1 Å². The molecule has 4 rings (SSSR count). The van der Waals surface area contributed by atoms with Gasteiger partial charge in [0.2, 0.25) is 5.91 Å². The molecule has 0 spiro atoms. The van der Waals surface area contributed by atoms with Crippen molar-refractivity contribution in [3.8, 4) is 0 Å². The Labute approximate surface area is 147 Å². The molecule has 0 radical (unpaired) electrons. The van der Waals surface area contributed by atoms with Crippen LogP contribution in [0.4, 0.5) is 0 Å². The number of carbonyl (C=O) groups excluding carboxylic acids is 2. The van der Waals surface area contributed by atoms with Crippen LogP contribution in [0.2, 0.25) is 0 Å². The first-order valence-corrected chi connectivity index (χ1v) is 8.96. The number of hydrogen-bond donors (Lipinski definition) is 1. The first-order chi connectivity index (χ1) is 12.2. The molecule has 134 valence electrons. The second-order valence-corrected chi connectivity index (χ2v) is 7.13. The van der Waals surface area contributed by atoms with Crippen LogP contribution < -0.4 is 5.32 Å². The minimum absolute atomic E-state index is 0.000194. The number of hydrogen-bond acceptors (Lipinski definition) is 4. The molecule has 0 aromatic heterocycles. The zero-order chi connectivity index (χ0) is 17.4. The van der Waals surface area contributed by atoms with Crippen molar-refractivity contribution in [2.45, 2.75) is 31.5 Å². The molecule has 1 N–H and O–H groups in total. The first-order valence-electron chi connectivity index (χ1n) is 8.96. The predicted molar refractivity (Wildman–Crippen MR) is 90.9 cm³/mol. The van der Waals surface area contributed by atoms with Gasteiger partial charge in [-0.2, -0.15) is 0 Å². The molecule has 1 aliphatic carbocycles. The van der Waals surface area contributed by atoms with Gasteiger partial charge in [0.1, 0.15) is 0 Å². The van der Waals surface area contributed by atoms with Gasteiger partial charge in [0.15, 0.2) is 0 Å². The van der Waals surface area contributed by atoms with E-state index in [1.807, 2.05) is 24.3 Å². The van der Waals surface area contributed by atoms with Gasteiger partial charge in [-0.3, -0.25) is 9.59 Å². The van der Waals surface area contributed by atoms with E-state index in [0.717, 1.165) is 24.2 Å². The minimum atomic E-state index is 0.000194. The molecule has 2 heterocycles. The molecule has 4 atom stereocenters. The van der Waals surface area contributed by atoms with Crippen LogP contribution in [0.15, 0.2) is 24.3 Å². The van der Waals surface area contributed by atoms with Crippen molar-refractivity contribution in [3.05, 3.63) is 35.4 Å². The lowest BCUT2D eigenvalue weighted by Crippen LogP contribution is -2.62. The molecule has 1 aromatic rings. The third-order valence-corrected chi connectivity index (χ3v) is 5.72. The number of amides is 2. The normalized spacial score (nSPS) is 30.0. The molecule has 2 aliphatic heterocycles. The summed E-state index contributed by atoms with van der Waals surface area (Å²) in [6.07, 6.45) is 1.55. The Morgan fingerprint density at radius 3 is 3.04 bits per heavy atom. The lowest BCUT2D eigenvalue weighted by molar-refractivity contribution is -0.130. The van der Waals surface area contributed by atoms with E-state index in [1.54, 1.807) is 12.0 Å². The van der Waals surface area contributed by atoms with Gasteiger partial charge >= 0.3 is 0 Å². The largest absolute Gasteiger partial charge is 0.384 e. The van der Waals surface area contributed by atoms with E-state index >= 15 is 0 Å². The highest BCUT2D eigenvalue weighted by atomic mass is 16.5. The Balaban J connectivity index is 1.29. The molecule has 25 heavy (non-hydrogen) atoms. The SMILES string of the molecule is COC[C@@H]1[C@@H](NC(=O)CCN2Cc3ccccc3C2=O)[C@@H]2CCO[C@H]12. The molecule has 6 nitrogen and oxygen atoms in total. The zero-order valence-electron chi connectivity index (χ0n) is 14.4. The summed E-state index contributed by atoms with van der Waals surface area (Å²) in [5.74, 6) is 0.662. The van der Waals surface area contributed by atoms with Crippen LogP contribution in [0.3, 0.4) is 0 Å². The third-order valence-electron chi connectivity index (χ3n) is 5.72. The monoisotopic (exact) mass is 344 g/mol. The number of benzene rings is 1. The maximum atomic E-state index is 12.4. The Kier molecular flexibility index (Phi) is 4.48. The van der Waals surface area contributed by atoms with E-state index in [0.29, 0.717) is 32.0 Å². The molecular formula is C19H24N2O4. The van der Waals surface area contributed by atoms with Gasteiger partial charge in [-0.1, -0.05) is 18.2 Å². The summed E-state index contributed by atoms with van der Waals surface area (Å²) < 4.78 is 11.0. The standard InChI is InChI=1S/C19H24N2O4/c1-24-11-15-17(14-7-9-25-18(14)15)20-16(22)6-8-21-10-12-4-2-3-5-13(12)19(21)23/h2-5,14-15,17-18H,6-11H2,1H3,(H,20,22)/t14-,15+,17-,18-/m0/s1. The minimum Gasteiger partial charge on any atom is -0.384 e. The summed E-state index contributed by atoms with van der Waals surface area (Å²) in [6, 6.07) is 7.76. The molecule has 3 aliphatic rings. The first kappa shape index (κ1) is 16.5. The zero-order valence-corrected chi connectivity index (χ0v) is 14.4. The Morgan fingerprint density at radius 2 is 2.24 bits per heavy atom. The Bertz CT molecular complexity index is 677. The van der Waals surface area contributed by atoms with Crippen LogP contribution in [0.1, 0.15) is 28.8 Å². The molecule has 0 unspecified atom stereocenters. The average molecular weight is 344 g/mol. The fraction of sp³-hybridized carbons (Fsp3) is 0.579.